The summed E-state index contributed by atoms with van der Waals surface area (Å²) in [5.74, 6) is -1.82. The number of fused-ring (bicyclic) bond motifs is 2. The topological polar surface area (TPSA) is 118 Å². The maximum atomic E-state index is 13.4. The van der Waals surface area contributed by atoms with E-state index in [1.165, 1.54) is 22.0 Å². The summed E-state index contributed by atoms with van der Waals surface area (Å²) < 4.78 is 14.3. The summed E-state index contributed by atoms with van der Waals surface area (Å²) in [5.41, 5.74) is 4.15. The zero-order chi connectivity index (χ0) is 30.2. The van der Waals surface area contributed by atoms with Gasteiger partial charge in [0.05, 0.1) is 24.9 Å². The van der Waals surface area contributed by atoms with Crippen molar-refractivity contribution in [2.45, 2.75) is 102 Å². The third-order valence-electron chi connectivity index (χ3n) is 8.94. The fourth-order valence-corrected chi connectivity index (χ4v) is 7.03. The molecule has 9 nitrogen and oxygen atoms in total. The van der Waals surface area contributed by atoms with Crippen LogP contribution in [0, 0.1) is 5.92 Å². The minimum atomic E-state index is -1.08. The van der Waals surface area contributed by atoms with Crippen molar-refractivity contribution in [3.05, 3.63) is 48.2 Å². The summed E-state index contributed by atoms with van der Waals surface area (Å²) in [5, 5.41) is 17.2. The Bertz CT molecular complexity index is 1240. The second-order valence-electron chi connectivity index (χ2n) is 11.7. The quantitative estimate of drug-likeness (QED) is 0.217. The number of piperidine rings is 1. The van der Waals surface area contributed by atoms with Gasteiger partial charge in [-0.3, -0.25) is 19.3 Å². The number of benzene rings is 1. The molecule has 5 rings (SSSR count). The van der Waals surface area contributed by atoms with Gasteiger partial charge in [-0.2, -0.15) is 0 Å². The molecular formula is C33H46N2O7. The first kappa shape index (κ1) is 31.8. The van der Waals surface area contributed by atoms with Gasteiger partial charge in [-0.25, -0.2) is 0 Å². The Morgan fingerprint density at radius 2 is 1.76 bits per heavy atom. The molecule has 1 aromatic carbocycles. The van der Waals surface area contributed by atoms with Crippen LogP contribution in [0.25, 0.3) is 10.9 Å². The van der Waals surface area contributed by atoms with Crippen molar-refractivity contribution in [3.8, 4) is 0 Å². The maximum Gasteiger partial charge on any atom is 0.310 e. The number of hydrogen-bond donors (Lipinski definition) is 2. The molecule has 0 bridgehead atoms. The number of esters is 1. The normalized spacial score (nSPS) is 25.4. The van der Waals surface area contributed by atoms with Crippen molar-refractivity contribution in [1.29, 1.82) is 0 Å². The smallest absolute Gasteiger partial charge is 0.310 e. The maximum absolute atomic E-state index is 13.4. The van der Waals surface area contributed by atoms with E-state index >= 15 is 0 Å². The van der Waals surface area contributed by atoms with E-state index in [0.29, 0.717) is 18.1 Å². The summed E-state index contributed by atoms with van der Waals surface area (Å²) in [7, 11) is 0. The monoisotopic (exact) mass is 582 g/mol. The molecule has 2 aromatic rings. The largest absolute Gasteiger partial charge is 0.481 e. The first-order valence-corrected chi connectivity index (χ1v) is 15.5. The number of rotatable bonds is 10. The molecule has 42 heavy (non-hydrogen) atoms. The third-order valence-corrected chi connectivity index (χ3v) is 8.94. The van der Waals surface area contributed by atoms with Crippen LogP contribution in [0.3, 0.4) is 0 Å². The number of nitrogens with zero attached hydrogens (tertiary/aromatic N) is 2. The van der Waals surface area contributed by atoms with Crippen LogP contribution in [0.5, 0.6) is 0 Å². The van der Waals surface area contributed by atoms with Crippen molar-refractivity contribution >= 4 is 28.8 Å². The first-order valence-electron chi connectivity index (χ1n) is 15.5. The van der Waals surface area contributed by atoms with E-state index in [1.54, 1.807) is 0 Å². The van der Waals surface area contributed by atoms with Gasteiger partial charge < -0.3 is 24.3 Å². The lowest BCUT2D eigenvalue weighted by Crippen LogP contribution is -2.51. The number of carbonyl (C=O) groups excluding carboxylic acids is 1. The Labute approximate surface area is 248 Å². The highest BCUT2D eigenvalue weighted by Gasteiger charge is 2.43. The molecule has 2 N–H and O–H groups in total. The zero-order valence-electron chi connectivity index (χ0n) is 25.0. The van der Waals surface area contributed by atoms with Crippen LogP contribution in [-0.4, -0.2) is 75.5 Å². The molecular weight excluding hydrogens is 536 g/mol. The van der Waals surface area contributed by atoms with Crippen LogP contribution in [0.15, 0.2) is 37.1 Å². The fourth-order valence-electron chi connectivity index (χ4n) is 7.03. The lowest BCUT2D eigenvalue weighted by Gasteiger charge is -2.46. The summed E-state index contributed by atoms with van der Waals surface area (Å²) >= 11 is 0. The number of ether oxygens (including phenoxy) is 2. The average molecular weight is 583 g/mol. The molecule has 1 saturated carbocycles. The Balaban J connectivity index is 0.000000446. The zero-order valence-corrected chi connectivity index (χ0v) is 25.0. The van der Waals surface area contributed by atoms with Gasteiger partial charge in [0.2, 0.25) is 0 Å². The van der Waals surface area contributed by atoms with Crippen molar-refractivity contribution < 1.29 is 34.1 Å². The molecule has 1 saturated heterocycles. The number of carbonyl (C=O) groups is 3. The molecule has 1 aromatic heterocycles. The Hall–Kier alpha value is -3.17. The standard InChI is InChI=1S/C29H40N2O3.C4H6O4/c1-4-15-31-18-20-17-27-25(24-11-8-12-26(31)28(20)24)16-21(19-30(27)5-2)29(32)34-23-10-7-9-22(13-14-23)33-6-3;5-3(6)1-2-4(7)8/h4,8,11-12,18,21-23,25,27H,1,5-7,9-10,13-17,19H2,2-3H3;1-2H2,(H,5,6)(H,7,8)/t21-,22?,23?,25?,27-;/m1./s1. The highest BCUT2D eigenvalue weighted by Crippen LogP contribution is 2.45. The van der Waals surface area contributed by atoms with Gasteiger partial charge in [0.25, 0.3) is 0 Å². The molecule has 2 fully saturated rings. The van der Waals surface area contributed by atoms with E-state index in [-0.39, 0.29) is 30.8 Å². The van der Waals surface area contributed by atoms with Gasteiger partial charge >= 0.3 is 17.9 Å². The van der Waals surface area contributed by atoms with Crippen LogP contribution >= 0.6 is 0 Å². The average Bonchev–Trinajstić information content (AvgIpc) is 3.17. The van der Waals surface area contributed by atoms with Crippen LogP contribution in [-0.2, 0) is 36.8 Å². The minimum Gasteiger partial charge on any atom is -0.481 e. The number of allylic oxidation sites excluding steroid dienone is 1. The minimum absolute atomic E-state index is 0.0129. The Kier molecular flexibility index (Phi) is 11.2. The molecule has 3 aliphatic rings. The van der Waals surface area contributed by atoms with Gasteiger partial charge in [-0.05, 0) is 75.6 Å². The number of carboxylic acids is 2. The van der Waals surface area contributed by atoms with Crippen molar-refractivity contribution in [1.82, 2.24) is 9.47 Å². The highest BCUT2D eigenvalue weighted by molar-refractivity contribution is 5.89. The van der Waals surface area contributed by atoms with Crippen LogP contribution in [0.4, 0.5) is 0 Å². The molecule has 1 aliphatic heterocycles. The van der Waals surface area contributed by atoms with Crippen LogP contribution in [0.1, 0.15) is 82.3 Å². The Morgan fingerprint density at radius 3 is 2.43 bits per heavy atom. The van der Waals surface area contributed by atoms with E-state index in [1.807, 2.05) is 6.08 Å². The second-order valence-corrected chi connectivity index (χ2v) is 11.7. The molecule has 5 atom stereocenters. The van der Waals surface area contributed by atoms with Crippen molar-refractivity contribution in [2.24, 2.45) is 5.92 Å². The number of aliphatic carboxylic acids is 2. The van der Waals surface area contributed by atoms with Crippen LogP contribution < -0.4 is 0 Å². The Morgan fingerprint density at radius 1 is 1.05 bits per heavy atom. The van der Waals surface area contributed by atoms with Crippen LogP contribution in [0.2, 0.25) is 0 Å². The SMILES string of the molecule is C=CCn1cc2c3c(cccc31)C1C[C@@H](C(=O)OC3CCCC(OCC)CC3)CN(CC)[C@@H]1C2.O=C(O)CCC(=O)O. The van der Waals surface area contributed by atoms with E-state index in [9.17, 15) is 14.4 Å². The molecule has 230 valence electrons. The third kappa shape index (κ3) is 7.61. The summed E-state index contributed by atoms with van der Waals surface area (Å²) in [6, 6.07) is 7.15. The molecule has 3 unspecified atom stereocenters. The predicted octanol–water partition coefficient (Wildman–Crippen LogP) is 5.39. The van der Waals surface area contributed by atoms with E-state index in [0.717, 1.165) is 71.2 Å². The molecule has 2 aliphatic carbocycles. The van der Waals surface area contributed by atoms with Gasteiger partial charge in [-0.15, -0.1) is 6.58 Å². The van der Waals surface area contributed by atoms with E-state index in [2.05, 4.69) is 54.3 Å². The van der Waals surface area contributed by atoms with Gasteiger partial charge in [0.1, 0.15) is 6.10 Å². The number of likely N-dealkylation sites (N-methyl/N-ethyl adjacent to an activating group) is 1. The molecule has 0 amide bonds. The lowest BCUT2D eigenvalue weighted by atomic mass is 9.72. The second kappa shape index (κ2) is 14.8. The number of carboxylic acid groups (broad SMARTS) is 2. The molecule has 0 radical (unpaired) electrons. The summed E-state index contributed by atoms with van der Waals surface area (Å²) in [4.78, 5) is 35.2. The summed E-state index contributed by atoms with van der Waals surface area (Å²) in [6.45, 7) is 11.6. The highest BCUT2D eigenvalue weighted by atomic mass is 16.5. The number of hydrogen-bond acceptors (Lipinski definition) is 6. The molecule has 2 heterocycles. The lowest BCUT2D eigenvalue weighted by molar-refractivity contribution is -0.157. The number of likely N-dealkylation sites (tertiary alicyclic amines) is 1. The first-order chi connectivity index (χ1) is 20.2. The predicted molar refractivity (Wildman–Crippen MR) is 161 cm³/mol. The van der Waals surface area contributed by atoms with Crippen molar-refractivity contribution in [2.75, 3.05) is 19.7 Å². The molecule has 9 heteroatoms. The van der Waals surface area contributed by atoms with E-state index < -0.39 is 11.9 Å². The van der Waals surface area contributed by atoms with Gasteiger partial charge in [-0.1, -0.05) is 25.1 Å². The van der Waals surface area contributed by atoms with Gasteiger partial charge in [0.15, 0.2) is 0 Å². The summed E-state index contributed by atoms with van der Waals surface area (Å²) in [6.07, 6.45) is 11.0. The van der Waals surface area contributed by atoms with E-state index in [4.69, 9.17) is 19.7 Å². The van der Waals surface area contributed by atoms with Gasteiger partial charge in [0, 0.05) is 48.8 Å². The fraction of sp³-hybridized carbons (Fsp3) is 0.606. The molecule has 0 spiro atoms. The van der Waals surface area contributed by atoms with Crippen molar-refractivity contribution in [3.63, 3.8) is 0 Å². The number of aromatic nitrogens is 1.